The highest BCUT2D eigenvalue weighted by atomic mass is 16.4. The van der Waals surface area contributed by atoms with E-state index in [2.05, 4.69) is 13.8 Å². The fraction of sp³-hybridized carbons (Fsp3) is 0.938. The lowest BCUT2D eigenvalue weighted by Gasteiger charge is -2.40. The van der Waals surface area contributed by atoms with E-state index in [9.17, 15) is 20.1 Å². The van der Waals surface area contributed by atoms with E-state index in [0.717, 1.165) is 32.5 Å². The third kappa shape index (κ3) is 4.65. The first-order chi connectivity index (χ1) is 10.4. The number of nitrogens with zero attached hydrogens (tertiary/aromatic N) is 2. The summed E-state index contributed by atoms with van der Waals surface area (Å²) in [6.45, 7) is 7.36. The normalized spacial score (nSPS) is 31.7. The van der Waals surface area contributed by atoms with E-state index in [0.29, 0.717) is 31.3 Å². The SMILES string of the molecule is CC(C)CC(=O)N1CCC(CN2CC(O)C(O)C(O)C2)CC1. The van der Waals surface area contributed by atoms with Crippen LogP contribution in [0.1, 0.15) is 33.1 Å². The summed E-state index contributed by atoms with van der Waals surface area (Å²) in [6.07, 6.45) is -0.239. The van der Waals surface area contributed by atoms with Crippen molar-refractivity contribution in [2.75, 3.05) is 32.7 Å². The number of amides is 1. The van der Waals surface area contributed by atoms with Crippen LogP contribution in [0.4, 0.5) is 0 Å². The second-order valence-corrected chi connectivity index (χ2v) is 7.27. The highest BCUT2D eigenvalue weighted by Crippen LogP contribution is 2.22. The van der Waals surface area contributed by atoms with E-state index in [4.69, 9.17) is 0 Å². The molecule has 0 bridgehead atoms. The van der Waals surface area contributed by atoms with Gasteiger partial charge in [-0.05, 0) is 24.7 Å². The summed E-state index contributed by atoms with van der Waals surface area (Å²) in [4.78, 5) is 16.0. The van der Waals surface area contributed by atoms with Crippen LogP contribution in [0.15, 0.2) is 0 Å². The smallest absolute Gasteiger partial charge is 0.222 e. The third-order valence-corrected chi connectivity index (χ3v) is 4.75. The predicted octanol–water partition coefficient (Wildman–Crippen LogP) is -0.331. The van der Waals surface area contributed by atoms with Crippen LogP contribution in [0.25, 0.3) is 0 Å². The van der Waals surface area contributed by atoms with E-state index in [1.54, 1.807) is 0 Å². The van der Waals surface area contributed by atoms with Crippen LogP contribution < -0.4 is 0 Å². The average molecular weight is 314 g/mol. The van der Waals surface area contributed by atoms with Crippen molar-refractivity contribution in [3.05, 3.63) is 0 Å². The summed E-state index contributed by atoms with van der Waals surface area (Å²) in [5.41, 5.74) is 0. The summed E-state index contributed by atoms with van der Waals surface area (Å²) >= 11 is 0. The number of aliphatic hydroxyl groups is 3. The van der Waals surface area contributed by atoms with E-state index < -0.39 is 18.3 Å². The minimum absolute atomic E-state index is 0.250. The summed E-state index contributed by atoms with van der Waals surface area (Å²) < 4.78 is 0. The second-order valence-electron chi connectivity index (χ2n) is 7.27. The molecule has 0 aromatic heterocycles. The van der Waals surface area contributed by atoms with Crippen molar-refractivity contribution in [1.82, 2.24) is 9.80 Å². The Morgan fingerprint density at radius 2 is 1.64 bits per heavy atom. The van der Waals surface area contributed by atoms with Crippen molar-refractivity contribution in [2.24, 2.45) is 11.8 Å². The van der Waals surface area contributed by atoms with Crippen LogP contribution in [-0.4, -0.2) is 82.1 Å². The Balaban J connectivity index is 1.74. The lowest BCUT2D eigenvalue weighted by molar-refractivity contribution is -0.133. The molecular formula is C16H30N2O4. The first kappa shape index (κ1) is 17.7. The number of carbonyl (C=O) groups excluding carboxylic acids is 1. The summed E-state index contributed by atoms with van der Waals surface area (Å²) in [5, 5.41) is 29.1. The highest BCUT2D eigenvalue weighted by molar-refractivity contribution is 5.76. The number of β-amino-alcohol motifs (C(OH)–C–C–N with tert-alkyl or cyclic N) is 2. The molecule has 2 aliphatic rings. The Hall–Kier alpha value is -0.690. The molecule has 0 aromatic carbocycles. The molecule has 2 heterocycles. The molecular weight excluding hydrogens is 284 g/mol. The highest BCUT2D eigenvalue weighted by Gasteiger charge is 2.34. The van der Waals surface area contributed by atoms with Crippen LogP contribution in [0.3, 0.4) is 0 Å². The molecule has 1 amide bonds. The van der Waals surface area contributed by atoms with Gasteiger partial charge in [-0.2, -0.15) is 0 Å². The zero-order chi connectivity index (χ0) is 16.3. The van der Waals surface area contributed by atoms with Gasteiger partial charge in [0.1, 0.15) is 6.10 Å². The first-order valence-corrected chi connectivity index (χ1v) is 8.41. The van der Waals surface area contributed by atoms with Crippen molar-refractivity contribution in [3.8, 4) is 0 Å². The molecule has 3 N–H and O–H groups in total. The predicted molar refractivity (Wildman–Crippen MR) is 83.2 cm³/mol. The van der Waals surface area contributed by atoms with Gasteiger partial charge in [0.05, 0.1) is 12.2 Å². The molecule has 2 rings (SSSR count). The summed E-state index contributed by atoms with van der Waals surface area (Å²) in [6, 6.07) is 0. The maximum absolute atomic E-state index is 12.0. The van der Waals surface area contributed by atoms with Gasteiger partial charge in [-0.25, -0.2) is 0 Å². The third-order valence-electron chi connectivity index (χ3n) is 4.75. The summed E-state index contributed by atoms with van der Waals surface area (Å²) in [5.74, 6) is 1.13. The lowest BCUT2D eigenvalue weighted by Crippen LogP contribution is -2.56. The van der Waals surface area contributed by atoms with Gasteiger partial charge in [0.25, 0.3) is 0 Å². The molecule has 22 heavy (non-hydrogen) atoms. The molecule has 0 aliphatic carbocycles. The van der Waals surface area contributed by atoms with Crippen molar-refractivity contribution in [3.63, 3.8) is 0 Å². The van der Waals surface area contributed by atoms with Crippen LogP contribution in [0.2, 0.25) is 0 Å². The number of aliphatic hydroxyl groups excluding tert-OH is 3. The van der Waals surface area contributed by atoms with Gasteiger partial charge in [0.2, 0.25) is 5.91 Å². The number of hydrogen-bond donors (Lipinski definition) is 3. The number of rotatable bonds is 4. The molecule has 2 aliphatic heterocycles. The fourth-order valence-electron chi connectivity index (χ4n) is 3.43. The number of carbonyl (C=O) groups is 1. The second kappa shape index (κ2) is 7.73. The molecule has 2 fully saturated rings. The maximum Gasteiger partial charge on any atom is 0.222 e. The molecule has 128 valence electrons. The Kier molecular flexibility index (Phi) is 6.20. The van der Waals surface area contributed by atoms with Crippen LogP contribution in [-0.2, 0) is 4.79 Å². The van der Waals surface area contributed by atoms with Crippen LogP contribution >= 0.6 is 0 Å². The maximum atomic E-state index is 12.0. The van der Waals surface area contributed by atoms with Crippen molar-refractivity contribution in [2.45, 2.75) is 51.4 Å². The zero-order valence-corrected chi connectivity index (χ0v) is 13.7. The van der Waals surface area contributed by atoms with Gasteiger partial charge >= 0.3 is 0 Å². The average Bonchev–Trinajstić information content (AvgIpc) is 2.44. The number of likely N-dealkylation sites (tertiary alicyclic amines) is 2. The van der Waals surface area contributed by atoms with Gasteiger partial charge in [-0.15, -0.1) is 0 Å². The van der Waals surface area contributed by atoms with Crippen LogP contribution in [0.5, 0.6) is 0 Å². The topological polar surface area (TPSA) is 84.2 Å². The Morgan fingerprint density at radius 3 is 2.14 bits per heavy atom. The molecule has 2 saturated heterocycles. The van der Waals surface area contributed by atoms with E-state index in [-0.39, 0.29) is 5.91 Å². The Labute approximate surface area is 132 Å². The minimum Gasteiger partial charge on any atom is -0.389 e. The summed E-state index contributed by atoms with van der Waals surface area (Å²) in [7, 11) is 0. The molecule has 2 atom stereocenters. The van der Waals surface area contributed by atoms with Gasteiger partial charge in [-0.1, -0.05) is 13.8 Å². The number of piperidine rings is 2. The molecule has 0 saturated carbocycles. The van der Waals surface area contributed by atoms with Crippen LogP contribution in [0, 0.1) is 11.8 Å². The van der Waals surface area contributed by atoms with Gasteiger partial charge in [0.15, 0.2) is 0 Å². The Bertz CT molecular complexity index is 357. The molecule has 0 radical (unpaired) electrons. The molecule has 0 spiro atoms. The first-order valence-electron chi connectivity index (χ1n) is 8.41. The minimum atomic E-state index is -1.04. The lowest BCUT2D eigenvalue weighted by atomic mass is 9.93. The van der Waals surface area contributed by atoms with Crippen molar-refractivity contribution >= 4 is 5.91 Å². The van der Waals surface area contributed by atoms with Gasteiger partial charge in [-0.3, -0.25) is 9.69 Å². The molecule has 6 heteroatoms. The van der Waals surface area contributed by atoms with Gasteiger partial charge < -0.3 is 20.2 Å². The molecule has 2 unspecified atom stereocenters. The quantitative estimate of drug-likeness (QED) is 0.662. The van der Waals surface area contributed by atoms with Crippen molar-refractivity contribution in [1.29, 1.82) is 0 Å². The molecule has 0 aromatic rings. The monoisotopic (exact) mass is 314 g/mol. The largest absolute Gasteiger partial charge is 0.389 e. The van der Waals surface area contributed by atoms with E-state index >= 15 is 0 Å². The number of hydrogen-bond acceptors (Lipinski definition) is 5. The van der Waals surface area contributed by atoms with E-state index in [1.807, 2.05) is 9.80 Å². The van der Waals surface area contributed by atoms with E-state index in [1.165, 1.54) is 0 Å². The standard InChI is InChI=1S/C16H30N2O4/c1-11(2)7-15(21)18-5-3-12(4-6-18)8-17-9-13(19)16(22)14(20)10-17/h11-14,16,19-20,22H,3-10H2,1-2H3. The fourth-order valence-corrected chi connectivity index (χ4v) is 3.43. The Morgan fingerprint density at radius 1 is 1.09 bits per heavy atom. The van der Waals surface area contributed by atoms with Crippen molar-refractivity contribution < 1.29 is 20.1 Å². The zero-order valence-electron chi connectivity index (χ0n) is 13.7. The molecule has 6 nitrogen and oxygen atoms in total. The van der Waals surface area contributed by atoms with Gasteiger partial charge in [0, 0.05) is 39.1 Å².